The largest absolute Gasteiger partial charge is 0.294 e. The Morgan fingerprint density at radius 2 is 2.27 bits per heavy atom. The van der Waals surface area contributed by atoms with E-state index in [1.165, 1.54) is 35.8 Å². The van der Waals surface area contributed by atoms with Gasteiger partial charge in [0.25, 0.3) is 5.69 Å². The molecule has 0 aromatic heterocycles. The molecule has 0 spiro atoms. The lowest BCUT2D eigenvalue weighted by Crippen LogP contribution is -2.16. The third-order valence-corrected chi connectivity index (χ3v) is 1.52. The van der Waals surface area contributed by atoms with E-state index in [0.717, 1.165) is 0 Å². The molecule has 0 amide bonds. The molecule has 0 aliphatic rings. The first-order valence-corrected chi connectivity index (χ1v) is 3.81. The number of nitrogens with one attached hydrogen (secondary N) is 1. The summed E-state index contributed by atoms with van der Waals surface area (Å²) in [4.78, 5) is 13.5. The van der Waals surface area contributed by atoms with Crippen molar-refractivity contribution in [2.45, 2.75) is 0 Å². The third-order valence-electron chi connectivity index (χ3n) is 1.52. The number of nitro groups is 1. The fourth-order valence-corrected chi connectivity index (χ4v) is 0.909. The summed E-state index contributed by atoms with van der Waals surface area (Å²) in [5.41, 5.74) is 1.30. The van der Waals surface area contributed by atoms with Crippen LogP contribution in [0.5, 0.6) is 0 Å². The Labute approximate surface area is 84.4 Å². The van der Waals surface area contributed by atoms with E-state index in [1.54, 1.807) is 0 Å². The average Bonchev–Trinajstić information content (AvgIpc) is 2.26. The molecule has 7 nitrogen and oxygen atoms in total. The molecular weight excluding hydrogens is 200 g/mol. The Bertz CT molecular complexity index is 449. The molecule has 0 fully saturated rings. The fourth-order valence-electron chi connectivity index (χ4n) is 0.909. The van der Waals surface area contributed by atoms with Gasteiger partial charge in [-0.2, -0.15) is 5.26 Å². The zero-order chi connectivity index (χ0) is 11.3. The van der Waals surface area contributed by atoms with Crippen LogP contribution in [0.4, 0.5) is 11.4 Å². The van der Waals surface area contributed by atoms with Gasteiger partial charge in [0.2, 0.25) is 5.84 Å². The van der Waals surface area contributed by atoms with E-state index < -0.39 is 10.8 Å². The molecule has 1 aromatic carbocycles. The van der Waals surface area contributed by atoms with Crippen molar-refractivity contribution in [2.24, 2.45) is 4.99 Å². The molecule has 0 atom stereocenters. The second-order valence-corrected chi connectivity index (χ2v) is 2.43. The summed E-state index contributed by atoms with van der Waals surface area (Å²) in [5, 5.41) is 27.4. The van der Waals surface area contributed by atoms with Crippen LogP contribution < -0.4 is 5.48 Å². The van der Waals surface area contributed by atoms with Crippen LogP contribution in [0.2, 0.25) is 0 Å². The van der Waals surface area contributed by atoms with Gasteiger partial charge in [-0.15, -0.1) is 0 Å². The molecular formula is C8H6N4O3. The number of aliphatic imine (C=N–C) groups is 1. The minimum absolute atomic E-state index is 0.000556. The number of hydroxylamine groups is 1. The second-order valence-electron chi connectivity index (χ2n) is 2.43. The maximum atomic E-state index is 10.6. The first-order chi connectivity index (χ1) is 7.19. The van der Waals surface area contributed by atoms with Gasteiger partial charge in [0.15, 0.2) is 0 Å². The zero-order valence-electron chi connectivity index (χ0n) is 7.41. The van der Waals surface area contributed by atoms with Crippen molar-refractivity contribution in [3.05, 3.63) is 34.4 Å². The number of nitrogens with zero attached hydrogens (tertiary/aromatic N) is 3. The lowest BCUT2D eigenvalue weighted by atomic mass is 10.3. The quantitative estimate of drug-likeness (QED) is 0.326. The molecule has 76 valence electrons. The molecule has 1 rings (SSSR count). The van der Waals surface area contributed by atoms with Gasteiger partial charge in [-0.25, -0.2) is 10.5 Å². The highest BCUT2D eigenvalue weighted by Gasteiger charge is 2.12. The summed E-state index contributed by atoms with van der Waals surface area (Å²) in [6.07, 6.45) is 0. The van der Waals surface area contributed by atoms with E-state index >= 15 is 0 Å². The van der Waals surface area contributed by atoms with Crippen LogP contribution in [0.1, 0.15) is 0 Å². The highest BCUT2D eigenvalue weighted by atomic mass is 16.6. The summed E-state index contributed by atoms with van der Waals surface area (Å²) >= 11 is 0. The van der Waals surface area contributed by atoms with Crippen molar-refractivity contribution >= 4 is 17.2 Å². The van der Waals surface area contributed by atoms with Crippen LogP contribution in [0.25, 0.3) is 0 Å². The molecule has 0 unspecified atom stereocenters. The topological polar surface area (TPSA) is 112 Å². The van der Waals surface area contributed by atoms with Crippen LogP contribution in [-0.4, -0.2) is 16.0 Å². The SMILES string of the molecule is N#CC(=Nc1ccccc1[N+](=O)[O-])NO. The third kappa shape index (κ3) is 2.49. The Hall–Kier alpha value is -2.46. The first-order valence-electron chi connectivity index (χ1n) is 3.81. The molecule has 15 heavy (non-hydrogen) atoms. The fraction of sp³-hybridized carbons (Fsp3) is 0. The second kappa shape index (κ2) is 4.69. The number of para-hydroxylation sites is 2. The summed E-state index contributed by atoms with van der Waals surface area (Å²) in [6.45, 7) is 0. The minimum Gasteiger partial charge on any atom is -0.289 e. The zero-order valence-corrected chi connectivity index (χ0v) is 7.41. The minimum atomic E-state index is -0.620. The lowest BCUT2D eigenvalue weighted by Gasteiger charge is -1.97. The number of benzene rings is 1. The molecule has 0 saturated carbocycles. The molecule has 0 saturated heterocycles. The Kier molecular flexibility index (Phi) is 3.32. The van der Waals surface area contributed by atoms with Crippen LogP contribution >= 0.6 is 0 Å². The van der Waals surface area contributed by atoms with Crippen LogP contribution in [-0.2, 0) is 0 Å². The lowest BCUT2D eigenvalue weighted by molar-refractivity contribution is -0.384. The normalized spacial score (nSPS) is 10.5. The predicted molar refractivity (Wildman–Crippen MR) is 50.7 cm³/mol. The van der Waals surface area contributed by atoms with Gasteiger partial charge < -0.3 is 0 Å². The van der Waals surface area contributed by atoms with Crippen molar-refractivity contribution < 1.29 is 10.1 Å². The van der Waals surface area contributed by atoms with E-state index in [4.69, 9.17) is 10.5 Å². The van der Waals surface area contributed by atoms with E-state index in [-0.39, 0.29) is 11.4 Å². The molecule has 0 heterocycles. The molecule has 0 bridgehead atoms. The maximum Gasteiger partial charge on any atom is 0.294 e. The Morgan fingerprint density at radius 1 is 1.60 bits per heavy atom. The van der Waals surface area contributed by atoms with Crippen LogP contribution in [0, 0.1) is 21.4 Å². The molecule has 1 aromatic rings. The number of nitro benzene ring substituents is 1. The van der Waals surface area contributed by atoms with Gasteiger partial charge in [0.05, 0.1) is 4.92 Å². The summed E-state index contributed by atoms with van der Waals surface area (Å²) in [5.74, 6) is -0.413. The van der Waals surface area contributed by atoms with Crippen molar-refractivity contribution in [1.29, 1.82) is 5.26 Å². The molecule has 0 aliphatic heterocycles. The molecule has 0 aliphatic carbocycles. The summed E-state index contributed by atoms with van der Waals surface area (Å²) in [6, 6.07) is 7.18. The van der Waals surface area contributed by atoms with Crippen molar-refractivity contribution in [1.82, 2.24) is 5.48 Å². The number of nitriles is 1. The van der Waals surface area contributed by atoms with E-state index in [0.29, 0.717) is 0 Å². The number of hydrogen-bond donors (Lipinski definition) is 2. The van der Waals surface area contributed by atoms with E-state index in [9.17, 15) is 10.1 Å². The molecule has 2 N–H and O–H groups in total. The number of hydrogen-bond acceptors (Lipinski definition) is 5. The van der Waals surface area contributed by atoms with Gasteiger partial charge >= 0.3 is 0 Å². The predicted octanol–water partition coefficient (Wildman–Crippen LogP) is 1.13. The average molecular weight is 206 g/mol. The monoisotopic (exact) mass is 206 g/mol. The van der Waals surface area contributed by atoms with E-state index in [2.05, 4.69) is 4.99 Å². The molecule has 7 heteroatoms. The van der Waals surface area contributed by atoms with Gasteiger partial charge in [0, 0.05) is 6.07 Å². The summed E-state index contributed by atoms with van der Waals surface area (Å²) < 4.78 is 0. The van der Waals surface area contributed by atoms with Crippen LogP contribution in [0.3, 0.4) is 0 Å². The Morgan fingerprint density at radius 3 is 2.80 bits per heavy atom. The van der Waals surface area contributed by atoms with Gasteiger partial charge in [0.1, 0.15) is 11.8 Å². The number of rotatable bonds is 2. The van der Waals surface area contributed by atoms with Crippen molar-refractivity contribution in [2.75, 3.05) is 0 Å². The van der Waals surface area contributed by atoms with E-state index in [1.807, 2.05) is 0 Å². The van der Waals surface area contributed by atoms with Gasteiger partial charge in [-0.3, -0.25) is 15.3 Å². The summed E-state index contributed by atoms with van der Waals surface area (Å²) in [7, 11) is 0. The molecule has 0 radical (unpaired) electrons. The van der Waals surface area contributed by atoms with Crippen molar-refractivity contribution in [3.8, 4) is 6.07 Å². The first kappa shape index (κ1) is 10.6. The van der Waals surface area contributed by atoms with Gasteiger partial charge in [-0.1, -0.05) is 12.1 Å². The highest BCUT2D eigenvalue weighted by molar-refractivity contribution is 5.97. The van der Waals surface area contributed by atoms with Gasteiger partial charge in [-0.05, 0) is 6.07 Å². The highest BCUT2D eigenvalue weighted by Crippen LogP contribution is 2.25. The smallest absolute Gasteiger partial charge is 0.289 e. The maximum absolute atomic E-state index is 10.6. The van der Waals surface area contributed by atoms with Crippen molar-refractivity contribution in [3.63, 3.8) is 0 Å². The number of amidine groups is 1. The standard InChI is InChI=1S/C8H6N4O3/c9-5-8(11-13)10-6-3-1-2-4-7(6)12(14)15/h1-4,13H,(H,10,11). The van der Waals surface area contributed by atoms with Crippen LogP contribution in [0.15, 0.2) is 29.3 Å². The Balaban J connectivity index is 3.21.